The number of nitro benzene ring substituents is 1. The second kappa shape index (κ2) is 6.69. The molecule has 0 radical (unpaired) electrons. The maximum Gasteiger partial charge on any atom is 0.269 e. The molecule has 9 heteroatoms. The number of rotatable bonds is 4. The van der Waals surface area contributed by atoms with E-state index >= 15 is 0 Å². The Bertz CT molecular complexity index is 1060. The van der Waals surface area contributed by atoms with E-state index in [0.717, 1.165) is 5.56 Å². The van der Waals surface area contributed by atoms with Gasteiger partial charge in [-0.05, 0) is 36.8 Å². The topological polar surface area (TPSA) is 104 Å². The number of anilines is 1. The molecule has 1 aromatic heterocycles. The van der Waals surface area contributed by atoms with Crippen LogP contribution in [0.4, 0.5) is 10.8 Å². The molecule has 136 valence electrons. The lowest BCUT2D eigenvalue weighted by Gasteiger charge is -2.05. The van der Waals surface area contributed by atoms with Gasteiger partial charge < -0.3 is 9.47 Å². The molecule has 0 saturated carbocycles. The van der Waals surface area contributed by atoms with Gasteiger partial charge in [0.1, 0.15) is 0 Å². The van der Waals surface area contributed by atoms with Crippen molar-refractivity contribution in [3.05, 3.63) is 63.0 Å². The number of hydrogen-bond acceptors (Lipinski definition) is 7. The fraction of sp³-hybridized carbons (Fsp3) is 0.111. The first-order chi connectivity index (χ1) is 13.0. The van der Waals surface area contributed by atoms with Crippen molar-refractivity contribution in [2.24, 2.45) is 0 Å². The van der Waals surface area contributed by atoms with E-state index in [0.29, 0.717) is 33.5 Å². The summed E-state index contributed by atoms with van der Waals surface area (Å²) in [5.74, 6) is 0.984. The first-order valence-corrected chi connectivity index (χ1v) is 8.81. The summed E-state index contributed by atoms with van der Waals surface area (Å²) >= 11 is 1.29. The van der Waals surface area contributed by atoms with Crippen molar-refractivity contribution in [1.29, 1.82) is 0 Å². The SMILES string of the molecule is Cc1cc([N+](=O)[O-])ccc1C(=O)Nc1nc(-c2ccc3c(c2)OCO3)cs1. The van der Waals surface area contributed by atoms with E-state index in [1.54, 1.807) is 6.92 Å². The minimum atomic E-state index is -0.493. The fourth-order valence-electron chi connectivity index (χ4n) is 2.70. The number of aryl methyl sites for hydroxylation is 1. The van der Waals surface area contributed by atoms with Crippen LogP contribution in [0.2, 0.25) is 0 Å². The number of carbonyl (C=O) groups is 1. The van der Waals surface area contributed by atoms with E-state index in [4.69, 9.17) is 9.47 Å². The average Bonchev–Trinajstić information content (AvgIpc) is 3.29. The van der Waals surface area contributed by atoms with Crippen molar-refractivity contribution in [2.45, 2.75) is 6.92 Å². The molecule has 0 bridgehead atoms. The molecule has 0 spiro atoms. The molecule has 1 amide bonds. The Labute approximate surface area is 157 Å². The summed E-state index contributed by atoms with van der Waals surface area (Å²) in [6.45, 7) is 1.85. The number of carbonyl (C=O) groups excluding carboxylic acids is 1. The van der Waals surface area contributed by atoms with Crippen LogP contribution in [-0.4, -0.2) is 22.6 Å². The summed E-state index contributed by atoms with van der Waals surface area (Å²) in [6.07, 6.45) is 0. The lowest BCUT2D eigenvalue weighted by atomic mass is 10.1. The van der Waals surface area contributed by atoms with Gasteiger partial charge in [0.05, 0.1) is 10.6 Å². The molecule has 1 aliphatic rings. The minimum Gasteiger partial charge on any atom is -0.454 e. The van der Waals surface area contributed by atoms with E-state index in [1.807, 2.05) is 23.6 Å². The number of benzene rings is 2. The molecule has 4 rings (SSSR count). The normalized spacial score (nSPS) is 12.0. The van der Waals surface area contributed by atoms with Gasteiger partial charge >= 0.3 is 0 Å². The lowest BCUT2D eigenvalue weighted by Crippen LogP contribution is -2.13. The highest BCUT2D eigenvalue weighted by Crippen LogP contribution is 2.36. The van der Waals surface area contributed by atoms with Gasteiger partial charge in [-0.25, -0.2) is 4.98 Å². The van der Waals surface area contributed by atoms with Crippen molar-refractivity contribution in [3.8, 4) is 22.8 Å². The second-order valence-corrected chi connectivity index (χ2v) is 6.67. The Kier molecular flexibility index (Phi) is 4.21. The molecule has 1 N–H and O–H groups in total. The van der Waals surface area contributed by atoms with Crippen molar-refractivity contribution in [1.82, 2.24) is 4.98 Å². The number of non-ortho nitro benzene ring substituents is 1. The third kappa shape index (κ3) is 3.32. The Balaban J connectivity index is 1.52. The van der Waals surface area contributed by atoms with Crippen molar-refractivity contribution >= 4 is 28.1 Å². The molecule has 0 saturated heterocycles. The van der Waals surface area contributed by atoms with Gasteiger partial charge in [0.15, 0.2) is 16.6 Å². The molecule has 2 aromatic carbocycles. The Morgan fingerprint density at radius 3 is 2.81 bits per heavy atom. The summed E-state index contributed by atoms with van der Waals surface area (Å²) in [6, 6.07) is 9.64. The molecule has 0 aliphatic carbocycles. The highest BCUT2D eigenvalue weighted by Gasteiger charge is 2.17. The first-order valence-electron chi connectivity index (χ1n) is 7.93. The van der Waals surface area contributed by atoms with Gasteiger partial charge in [0.25, 0.3) is 11.6 Å². The molecule has 3 aromatic rings. The molecular formula is C18H13N3O5S. The van der Waals surface area contributed by atoms with Gasteiger partial charge in [0.2, 0.25) is 6.79 Å². The van der Waals surface area contributed by atoms with E-state index in [2.05, 4.69) is 10.3 Å². The molecule has 0 unspecified atom stereocenters. The van der Waals surface area contributed by atoms with Gasteiger partial charge in [-0.1, -0.05) is 0 Å². The summed E-state index contributed by atoms with van der Waals surface area (Å²) in [4.78, 5) is 27.2. The van der Waals surface area contributed by atoms with Crippen LogP contribution in [0.25, 0.3) is 11.3 Å². The van der Waals surface area contributed by atoms with Crippen LogP contribution in [0.3, 0.4) is 0 Å². The lowest BCUT2D eigenvalue weighted by molar-refractivity contribution is -0.384. The molecule has 0 atom stereocenters. The standard InChI is InChI=1S/C18H13N3O5S/c1-10-6-12(21(23)24)3-4-13(10)17(22)20-18-19-14(8-27-18)11-2-5-15-16(7-11)26-9-25-15/h2-8H,9H2,1H3,(H,19,20,22). The average molecular weight is 383 g/mol. The summed E-state index contributed by atoms with van der Waals surface area (Å²) in [5.41, 5.74) is 2.38. The minimum absolute atomic E-state index is 0.0524. The van der Waals surface area contributed by atoms with E-state index in [9.17, 15) is 14.9 Å². The van der Waals surface area contributed by atoms with Crippen LogP contribution in [0.15, 0.2) is 41.8 Å². The quantitative estimate of drug-likeness (QED) is 0.539. The van der Waals surface area contributed by atoms with Crippen molar-refractivity contribution < 1.29 is 19.2 Å². The Hall–Kier alpha value is -3.46. The third-order valence-corrected chi connectivity index (χ3v) is 4.82. The Morgan fingerprint density at radius 1 is 1.22 bits per heavy atom. The molecule has 27 heavy (non-hydrogen) atoms. The fourth-order valence-corrected chi connectivity index (χ4v) is 3.41. The molecule has 8 nitrogen and oxygen atoms in total. The number of nitro groups is 1. The van der Waals surface area contributed by atoms with E-state index in [-0.39, 0.29) is 18.4 Å². The van der Waals surface area contributed by atoms with Crippen LogP contribution < -0.4 is 14.8 Å². The molecule has 1 aliphatic heterocycles. The molecule has 2 heterocycles. The number of amides is 1. The van der Waals surface area contributed by atoms with Crippen molar-refractivity contribution in [3.63, 3.8) is 0 Å². The highest BCUT2D eigenvalue weighted by atomic mass is 32.1. The highest BCUT2D eigenvalue weighted by molar-refractivity contribution is 7.14. The molecular weight excluding hydrogens is 370 g/mol. The predicted molar refractivity (Wildman–Crippen MR) is 99.5 cm³/mol. The Morgan fingerprint density at radius 2 is 2.04 bits per heavy atom. The third-order valence-electron chi connectivity index (χ3n) is 4.06. The van der Waals surface area contributed by atoms with Crippen LogP contribution in [-0.2, 0) is 0 Å². The van der Waals surface area contributed by atoms with E-state index in [1.165, 1.54) is 29.5 Å². The van der Waals surface area contributed by atoms with E-state index < -0.39 is 4.92 Å². The van der Waals surface area contributed by atoms with Gasteiger partial charge in [0, 0.05) is 28.6 Å². The monoisotopic (exact) mass is 383 g/mol. The van der Waals surface area contributed by atoms with Gasteiger partial charge in [-0.2, -0.15) is 0 Å². The number of nitrogens with one attached hydrogen (secondary N) is 1. The summed E-state index contributed by atoms with van der Waals surface area (Å²) < 4.78 is 10.7. The number of nitrogens with zero attached hydrogens (tertiary/aromatic N) is 2. The zero-order valence-corrected chi connectivity index (χ0v) is 14.9. The first kappa shape index (κ1) is 17.0. The largest absolute Gasteiger partial charge is 0.454 e. The predicted octanol–water partition coefficient (Wildman–Crippen LogP) is 4.01. The van der Waals surface area contributed by atoms with Crippen molar-refractivity contribution in [2.75, 3.05) is 12.1 Å². The maximum absolute atomic E-state index is 12.5. The number of ether oxygens (including phenoxy) is 2. The van der Waals surface area contributed by atoms with Crippen LogP contribution in [0.1, 0.15) is 15.9 Å². The number of aromatic nitrogens is 1. The summed E-state index contributed by atoms with van der Waals surface area (Å²) in [5, 5.41) is 15.8. The zero-order chi connectivity index (χ0) is 19.0. The number of hydrogen-bond donors (Lipinski definition) is 1. The van der Waals surface area contributed by atoms with Crippen LogP contribution in [0.5, 0.6) is 11.5 Å². The second-order valence-electron chi connectivity index (χ2n) is 5.82. The number of fused-ring (bicyclic) bond motifs is 1. The van der Waals surface area contributed by atoms with Gasteiger partial charge in [-0.3, -0.25) is 20.2 Å². The zero-order valence-electron chi connectivity index (χ0n) is 14.1. The van der Waals surface area contributed by atoms with Gasteiger partial charge in [-0.15, -0.1) is 11.3 Å². The number of thiazole rings is 1. The van der Waals surface area contributed by atoms with Crippen LogP contribution >= 0.6 is 11.3 Å². The summed E-state index contributed by atoms with van der Waals surface area (Å²) in [7, 11) is 0. The molecule has 0 fully saturated rings. The maximum atomic E-state index is 12.5. The van der Waals surface area contributed by atoms with Crippen LogP contribution in [0, 0.1) is 17.0 Å². The smallest absolute Gasteiger partial charge is 0.269 e.